The zero-order valence-electron chi connectivity index (χ0n) is 15.7. The van der Waals surface area contributed by atoms with Crippen LogP contribution in [0.3, 0.4) is 0 Å². The molecular weight excluding hydrogens is 383 g/mol. The molecule has 2 amide bonds. The van der Waals surface area contributed by atoms with Crippen LogP contribution in [-0.4, -0.2) is 59.4 Å². The summed E-state index contributed by atoms with van der Waals surface area (Å²) in [4.78, 5) is 30.3. The fraction of sp³-hybridized carbons (Fsp3) is 0.333. The van der Waals surface area contributed by atoms with Gasteiger partial charge in [0.2, 0.25) is 0 Å². The highest BCUT2D eigenvalue weighted by molar-refractivity contribution is 6.21. The van der Waals surface area contributed by atoms with E-state index in [4.69, 9.17) is 0 Å². The SMILES string of the molecule is O=C1c2ccccc2C(=O)N1CN1CCN(Cc2cccc(C(F)(F)F)c2)CC1. The van der Waals surface area contributed by atoms with Crippen molar-refractivity contribution in [3.05, 3.63) is 70.8 Å². The summed E-state index contributed by atoms with van der Waals surface area (Å²) in [7, 11) is 0. The lowest BCUT2D eigenvalue weighted by molar-refractivity contribution is -0.137. The molecule has 1 saturated heterocycles. The lowest BCUT2D eigenvalue weighted by Crippen LogP contribution is -2.50. The Balaban J connectivity index is 1.33. The van der Waals surface area contributed by atoms with Gasteiger partial charge in [0.15, 0.2) is 0 Å². The molecule has 152 valence electrons. The number of hydrogen-bond donors (Lipinski definition) is 0. The van der Waals surface area contributed by atoms with Crippen LogP contribution in [0.15, 0.2) is 48.5 Å². The van der Waals surface area contributed by atoms with Gasteiger partial charge < -0.3 is 0 Å². The molecule has 0 saturated carbocycles. The van der Waals surface area contributed by atoms with E-state index in [1.165, 1.54) is 17.0 Å². The molecule has 0 bridgehead atoms. The summed E-state index contributed by atoms with van der Waals surface area (Å²) < 4.78 is 38.6. The lowest BCUT2D eigenvalue weighted by atomic mass is 10.1. The molecule has 0 unspecified atom stereocenters. The third-order valence-corrected chi connectivity index (χ3v) is 5.35. The van der Waals surface area contributed by atoms with Crippen molar-refractivity contribution >= 4 is 11.8 Å². The predicted octanol–water partition coefficient (Wildman–Crippen LogP) is 3.08. The first-order valence-corrected chi connectivity index (χ1v) is 9.39. The van der Waals surface area contributed by atoms with Gasteiger partial charge in [-0.15, -0.1) is 0 Å². The maximum Gasteiger partial charge on any atom is 0.416 e. The largest absolute Gasteiger partial charge is 0.416 e. The minimum Gasteiger partial charge on any atom is -0.297 e. The number of fused-ring (bicyclic) bond motifs is 1. The smallest absolute Gasteiger partial charge is 0.297 e. The number of carbonyl (C=O) groups is 2. The van der Waals surface area contributed by atoms with E-state index >= 15 is 0 Å². The molecule has 5 nitrogen and oxygen atoms in total. The molecule has 4 rings (SSSR count). The quantitative estimate of drug-likeness (QED) is 0.736. The number of piperazine rings is 1. The standard InChI is InChI=1S/C21H20F3N3O2/c22-21(23,24)16-5-3-4-15(12-16)13-25-8-10-26(11-9-25)14-27-19(28)17-6-1-2-7-18(17)20(27)29/h1-7,12H,8-11,13-14H2. The molecule has 0 radical (unpaired) electrons. The molecule has 0 aliphatic carbocycles. The molecule has 8 heteroatoms. The first-order valence-electron chi connectivity index (χ1n) is 9.39. The zero-order valence-corrected chi connectivity index (χ0v) is 15.7. The van der Waals surface area contributed by atoms with Crippen molar-refractivity contribution in [2.75, 3.05) is 32.8 Å². The molecule has 29 heavy (non-hydrogen) atoms. The monoisotopic (exact) mass is 403 g/mol. The molecule has 0 N–H and O–H groups in total. The molecule has 1 fully saturated rings. The molecule has 2 aliphatic heterocycles. The number of alkyl halides is 3. The van der Waals surface area contributed by atoms with Crippen LogP contribution in [0.1, 0.15) is 31.8 Å². The Morgan fingerprint density at radius 3 is 1.97 bits per heavy atom. The van der Waals surface area contributed by atoms with E-state index in [0.29, 0.717) is 49.4 Å². The van der Waals surface area contributed by atoms with Crippen molar-refractivity contribution in [2.45, 2.75) is 12.7 Å². The van der Waals surface area contributed by atoms with Crippen molar-refractivity contribution in [3.8, 4) is 0 Å². The van der Waals surface area contributed by atoms with Crippen LogP contribution in [0.2, 0.25) is 0 Å². The number of hydrogen-bond acceptors (Lipinski definition) is 4. The average molecular weight is 403 g/mol. The summed E-state index contributed by atoms with van der Waals surface area (Å²) in [6.07, 6.45) is -4.35. The van der Waals surface area contributed by atoms with Crippen LogP contribution in [0, 0.1) is 0 Å². The number of nitrogens with zero attached hydrogens (tertiary/aromatic N) is 3. The first kappa shape index (κ1) is 19.6. The Hall–Kier alpha value is -2.71. The third kappa shape index (κ3) is 4.04. The van der Waals surface area contributed by atoms with Crippen LogP contribution >= 0.6 is 0 Å². The number of carbonyl (C=O) groups excluding carboxylic acids is 2. The van der Waals surface area contributed by atoms with Crippen molar-refractivity contribution in [1.82, 2.24) is 14.7 Å². The Kier molecular flexibility index (Phi) is 5.14. The molecule has 0 aromatic heterocycles. The van der Waals surface area contributed by atoms with Gasteiger partial charge in [-0.25, -0.2) is 0 Å². The number of amides is 2. The Bertz CT molecular complexity index is 902. The van der Waals surface area contributed by atoms with Crippen molar-refractivity contribution in [1.29, 1.82) is 0 Å². The highest BCUT2D eigenvalue weighted by Crippen LogP contribution is 2.30. The number of benzene rings is 2. The zero-order chi connectivity index (χ0) is 20.6. The highest BCUT2D eigenvalue weighted by atomic mass is 19.4. The summed E-state index contributed by atoms with van der Waals surface area (Å²) in [5.41, 5.74) is 0.842. The van der Waals surface area contributed by atoms with E-state index in [0.717, 1.165) is 6.07 Å². The van der Waals surface area contributed by atoms with Gasteiger partial charge >= 0.3 is 6.18 Å². The van der Waals surface area contributed by atoms with Gasteiger partial charge in [0.1, 0.15) is 0 Å². The fourth-order valence-electron chi connectivity index (χ4n) is 3.76. The molecule has 2 aromatic rings. The molecule has 0 spiro atoms. The Morgan fingerprint density at radius 2 is 1.38 bits per heavy atom. The second-order valence-electron chi connectivity index (χ2n) is 7.32. The van der Waals surface area contributed by atoms with Gasteiger partial charge in [-0.2, -0.15) is 13.2 Å². The molecule has 2 aromatic carbocycles. The first-order chi connectivity index (χ1) is 13.8. The van der Waals surface area contributed by atoms with Crippen LogP contribution in [0.5, 0.6) is 0 Å². The molecular formula is C21H20F3N3O2. The summed E-state index contributed by atoms with van der Waals surface area (Å²) >= 11 is 0. The van der Waals surface area contributed by atoms with E-state index in [1.54, 1.807) is 30.3 Å². The summed E-state index contributed by atoms with van der Waals surface area (Å²) in [6, 6.07) is 12.2. The van der Waals surface area contributed by atoms with Crippen LogP contribution in [0.25, 0.3) is 0 Å². The van der Waals surface area contributed by atoms with Gasteiger partial charge in [0, 0.05) is 32.7 Å². The number of imide groups is 1. The van der Waals surface area contributed by atoms with E-state index in [2.05, 4.69) is 4.90 Å². The minimum absolute atomic E-state index is 0.226. The lowest BCUT2D eigenvalue weighted by Gasteiger charge is -2.36. The van der Waals surface area contributed by atoms with Crippen LogP contribution in [-0.2, 0) is 12.7 Å². The topological polar surface area (TPSA) is 43.9 Å². The average Bonchev–Trinajstić information content (AvgIpc) is 2.94. The maximum absolute atomic E-state index is 12.9. The van der Waals surface area contributed by atoms with E-state index in [-0.39, 0.29) is 18.5 Å². The van der Waals surface area contributed by atoms with E-state index in [1.807, 2.05) is 4.90 Å². The van der Waals surface area contributed by atoms with Gasteiger partial charge in [-0.3, -0.25) is 24.3 Å². The van der Waals surface area contributed by atoms with Crippen molar-refractivity contribution in [3.63, 3.8) is 0 Å². The summed E-state index contributed by atoms with van der Waals surface area (Å²) in [6.45, 7) is 3.23. The van der Waals surface area contributed by atoms with Crippen LogP contribution in [0.4, 0.5) is 13.2 Å². The van der Waals surface area contributed by atoms with Gasteiger partial charge in [0.05, 0.1) is 23.4 Å². The summed E-state index contributed by atoms with van der Waals surface area (Å²) in [5, 5.41) is 0. The highest BCUT2D eigenvalue weighted by Gasteiger charge is 2.36. The Labute approximate surface area is 166 Å². The molecule has 2 heterocycles. The van der Waals surface area contributed by atoms with E-state index < -0.39 is 11.7 Å². The second-order valence-corrected chi connectivity index (χ2v) is 7.32. The maximum atomic E-state index is 12.9. The molecule has 0 atom stereocenters. The minimum atomic E-state index is -4.35. The van der Waals surface area contributed by atoms with Gasteiger partial charge in [-0.05, 0) is 23.8 Å². The number of halogens is 3. The number of rotatable bonds is 4. The van der Waals surface area contributed by atoms with Crippen molar-refractivity contribution in [2.24, 2.45) is 0 Å². The van der Waals surface area contributed by atoms with Gasteiger partial charge in [-0.1, -0.05) is 30.3 Å². The van der Waals surface area contributed by atoms with Crippen molar-refractivity contribution < 1.29 is 22.8 Å². The Morgan fingerprint density at radius 1 is 0.793 bits per heavy atom. The third-order valence-electron chi connectivity index (χ3n) is 5.35. The van der Waals surface area contributed by atoms with Crippen LogP contribution < -0.4 is 0 Å². The second kappa shape index (κ2) is 7.61. The predicted molar refractivity (Wildman–Crippen MR) is 100 cm³/mol. The normalized spacial score (nSPS) is 18.4. The fourth-order valence-corrected chi connectivity index (χ4v) is 3.76. The molecule has 2 aliphatic rings. The van der Waals surface area contributed by atoms with E-state index in [9.17, 15) is 22.8 Å². The van der Waals surface area contributed by atoms with Gasteiger partial charge in [0.25, 0.3) is 11.8 Å². The summed E-state index contributed by atoms with van der Waals surface area (Å²) in [5.74, 6) is -0.561.